The summed E-state index contributed by atoms with van der Waals surface area (Å²) >= 11 is 3.35. The summed E-state index contributed by atoms with van der Waals surface area (Å²) in [7, 11) is 1.59. The van der Waals surface area contributed by atoms with Crippen molar-refractivity contribution in [3.63, 3.8) is 0 Å². The van der Waals surface area contributed by atoms with Crippen LogP contribution < -0.4 is 15.8 Å². The van der Waals surface area contributed by atoms with E-state index >= 15 is 0 Å². The summed E-state index contributed by atoms with van der Waals surface area (Å²) in [4.78, 5) is 11.6. The number of ether oxygens (including phenoxy) is 1. The van der Waals surface area contributed by atoms with Crippen LogP contribution in [0.5, 0.6) is 5.75 Å². The van der Waals surface area contributed by atoms with Crippen LogP contribution in [-0.4, -0.2) is 19.6 Å². The van der Waals surface area contributed by atoms with Gasteiger partial charge >= 0.3 is 0 Å². The predicted molar refractivity (Wildman–Crippen MR) is 74.8 cm³/mol. The molecule has 0 bridgehead atoms. The number of anilines is 1. The first-order valence-electron chi connectivity index (χ1n) is 4.93. The lowest BCUT2D eigenvalue weighted by Crippen LogP contribution is -2.26. The molecule has 1 atom stereocenters. The molecule has 0 aliphatic carbocycles. The minimum absolute atomic E-state index is 0. The Labute approximate surface area is 115 Å². The van der Waals surface area contributed by atoms with E-state index in [0.29, 0.717) is 6.54 Å². The smallest absolute Gasteiger partial charge is 0.228 e. The van der Waals surface area contributed by atoms with Crippen molar-refractivity contribution in [3.8, 4) is 5.75 Å². The number of hydrogen-bond donors (Lipinski definition) is 2. The lowest BCUT2D eigenvalue weighted by Gasteiger charge is -2.11. The zero-order chi connectivity index (χ0) is 12.1. The van der Waals surface area contributed by atoms with Crippen LogP contribution >= 0.6 is 28.3 Å². The van der Waals surface area contributed by atoms with Crippen LogP contribution in [0.25, 0.3) is 0 Å². The molecular weight excluding hydrogens is 307 g/mol. The van der Waals surface area contributed by atoms with Crippen LogP contribution in [0.1, 0.15) is 6.92 Å². The average Bonchev–Trinajstić information content (AvgIpc) is 2.28. The second-order valence-corrected chi connectivity index (χ2v) is 4.33. The van der Waals surface area contributed by atoms with Gasteiger partial charge in [-0.3, -0.25) is 4.79 Å². The van der Waals surface area contributed by atoms with Gasteiger partial charge in [-0.05, 0) is 34.1 Å². The maximum Gasteiger partial charge on any atom is 0.228 e. The molecule has 0 aliphatic rings. The van der Waals surface area contributed by atoms with Crippen LogP contribution in [0.4, 0.5) is 5.69 Å². The fourth-order valence-electron chi connectivity index (χ4n) is 1.12. The third kappa shape index (κ3) is 4.53. The minimum Gasteiger partial charge on any atom is -0.496 e. The highest BCUT2D eigenvalue weighted by molar-refractivity contribution is 9.10. The van der Waals surface area contributed by atoms with Crippen molar-refractivity contribution in [2.24, 2.45) is 11.7 Å². The molecule has 0 spiro atoms. The summed E-state index contributed by atoms with van der Waals surface area (Å²) in [6, 6.07) is 5.36. The Kier molecular flexibility index (Phi) is 7.18. The van der Waals surface area contributed by atoms with E-state index in [1.54, 1.807) is 32.2 Å². The van der Waals surface area contributed by atoms with Crippen molar-refractivity contribution < 1.29 is 9.53 Å². The zero-order valence-electron chi connectivity index (χ0n) is 9.70. The fraction of sp³-hybridized carbons (Fsp3) is 0.364. The van der Waals surface area contributed by atoms with E-state index in [1.807, 2.05) is 0 Å². The molecule has 4 nitrogen and oxygen atoms in total. The number of halogens is 2. The van der Waals surface area contributed by atoms with Gasteiger partial charge in [0.25, 0.3) is 0 Å². The summed E-state index contributed by atoms with van der Waals surface area (Å²) in [5.41, 5.74) is 6.13. The number of carbonyl (C=O) groups is 1. The first kappa shape index (κ1) is 16.2. The Hall–Kier alpha value is -0.780. The topological polar surface area (TPSA) is 64.3 Å². The van der Waals surface area contributed by atoms with Gasteiger partial charge in [0.05, 0.1) is 11.6 Å². The van der Waals surface area contributed by atoms with Crippen LogP contribution in [0.15, 0.2) is 22.7 Å². The first-order chi connectivity index (χ1) is 7.58. The van der Waals surface area contributed by atoms with Gasteiger partial charge in [0, 0.05) is 18.2 Å². The molecule has 0 fully saturated rings. The van der Waals surface area contributed by atoms with Crippen molar-refractivity contribution in [2.75, 3.05) is 19.0 Å². The van der Waals surface area contributed by atoms with Crippen molar-refractivity contribution in [1.29, 1.82) is 0 Å². The molecule has 3 N–H and O–H groups in total. The maximum absolute atomic E-state index is 11.6. The minimum atomic E-state index is -0.194. The van der Waals surface area contributed by atoms with Crippen molar-refractivity contribution in [2.45, 2.75) is 6.92 Å². The van der Waals surface area contributed by atoms with Gasteiger partial charge in [-0.2, -0.15) is 0 Å². The van der Waals surface area contributed by atoms with Crippen LogP contribution in [-0.2, 0) is 4.79 Å². The Morgan fingerprint density at radius 2 is 2.24 bits per heavy atom. The second-order valence-electron chi connectivity index (χ2n) is 3.48. The summed E-state index contributed by atoms with van der Waals surface area (Å²) in [6.45, 7) is 2.12. The number of nitrogens with two attached hydrogens (primary N) is 1. The average molecular weight is 324 g/mol. The number of amides is 1. The largest absolute Gasteiger partial charge is 0.496 e. The number of carbonyl (C=O) groups excluding carboxylic acids is 1. The molecule has 96 valence electrons. The third-order valence-corrected chi connectivity index (χ3v) is 2.84. The molecule has 0 aliphatic heterocycles. The molecule has 1 aromatic carbocycles. The molecule has 0 heterocycles. The summed E-state index contributed by atoms with van der Waals surface area (Å²) in [5, 5.41) is 2.78. The molecule has 0 radical (unpaired) electrons. The Morgan fingerprint density at radius 3 is 2.71 bits per heavy atom. The molecule has 0 aromatic heterocycles. The van der Waals surface area contributed by atoms with Crippen molar-refractivity contribution >= 4 is 39.9 Å². The quantitative estimate of drug-likeness (QED) is 0.894. The predicted octanol–water partition coefficient (Wildman–Crippen LogP) is 2.41. The van der Waals surface area contributed by atoms with Crippen LogP contribution in [0.3, 0.4) is 0 Å². The van der Waals surface area contributed by atoms with Crippen molar-refractivity contribution in [1.82, 2.24) is 0 Å². The van der Waals surface area contributed by atoms with E-state index < -0.39 is 0 Å². The molecule has 6 heteroatoms. The molecule has 0 saturated heterocycles. The molecule has 1 amide bonds. The number of nitrogens with one attached hydrogen (secondary N) is 1. The zero-order valence-corrected chi connectivity index (χ0v) is 12.1. The summed E-state index contributed by atoms with van der Waals surface area (Å²) in [6.07, 6.45) is 0. The summed E-state index contributed by atoms with van der Waals surface area (Å²) in [5.74, 6) is 0.449. The SMILES string of the molecule is COc1ccc(NC(=O)C(C)CN)cc1Br.Cl. The molecule has 1 unspecified atom stereocenters. The first-order valence-corrected chi connectivity index (χ1v) is 5.72. The monoisotopic (exact) mass is 322 g/mol. The molecular formula is C11H16BrClN2O2. The van der Waals surface area contributed by atoms with Gasteiger partial charge in [0.2, 0.25) is 5.91 Å². The second kappa shape index (κ2) is 7.53. The highest BCUT2D eigenvalue weighted by atomic mass is 79.9. The van der Waals surface area contributed by atoms with E-state index in [4.69, 9.17) is 10.5 Å². The van der Waals surface area contributed by atoms with Gasteiger partial charge < -0.3 is 15.8 Å². The normalized spacial score (nSPS) is 11.3. The Balaban J connectivity index is 0.00000256. The van der Waals surface area contributed by atoms with Gasteiger partial charge in [-0.25, -0.2) is 0 Å². The fourth-order valence-corrected chi connectivity index (χ4v) is 1.66. The number of hydrogen-bond acceptors (Lipinski definition) is 3. The number of methoxy groups -OCH3 is 1. The third-order valence-electron chi connectivity index (χ3n) is 2.22. The van der Waals surface area contributed by atoms with Gasteiger partial charge in [0.15, 0.2) is 0 Å². The summed E-state index contributed by atoms with van der Waals surface area (Å²) < 4.78 is 5.89. The Bertz CT molecular complexity index is 388. The van der Waals surface area contributed by atoms with Crippen LogP contribution in [0, 0.1) is 5.92 Å². The number of rotatable bonds is 4. The lowest BCUT2D eigenvalue weighted by atomic mass is 10.1. The van der Waals surface area contributed by atoms with Gasteiger partial charge in [0.1, 0.15) is 5.75 Å². The highest BCUT2D eigenvalue weighted by Crippen LogP contribution is 2.27. The molecule has 1 aromatic rings. The van der Waals surface area contributed by atoms with E-state index in [1.165, 1.54) is 0 Å². The van der Waals surface area contributed by atoms with E-state index in [-0.39, 0.29) is 24.2 Å². The Morgan fingerprint density at radius 1 is 1.59 bits per heavy atom. The highest BCUT2D eigenvalue weighted by Gasteiger charge is 2.11. The number of benzene rings is 1. The molecule has 1 rings (SSSR count). The van der Waals surface area contributed by atoms with Gasteiger partial charge in [-0.15, -0.1) is 12.4 Å². The van der Waals surface area contributed by atoms with Crippen molar-refractivity contribution in [3.05, 3.63) is 22.7 Å². The van der Waals surface area contributed by atoms with E-state index in [0.717, 1.165) is 15.9 Å². The maximum atomic E-state index is 11.6. The van der Waals surface area contributed by atoms with Crippen LogP contribution in [0.2, 0.25) is 0 Å². The molecule has 0 saturated carbocycles. The lowest BCUT2D eigenvalue weighted by molar-refractivity contribution is -0.119. The standard InChI is InChI=1S/C11H15BrN2O2.ClH/c1-7(6-13)11(15)14-8-3-4-10(16-2)9(12)5-8;/h3-5,7H,6,13H2,1-2H3,(H,14,15);1H. The molecule has 17 heavy (non-hydrogen) atoms. The van der Waals surface area contributed by atoms with E-state index in [2.05, 4.69) is 21.2 Å². The van der Waals surface area contributed by atoms with E-state index in [9.17, 15) is 4.79 Å². The van der Waals surface area contributed by atoms with Gasteiger partial charge in [-0.1, -0.05) is 6.92 Å².